The Balaban J connectivity index is 2.52. The Labute approximate surface area is 99.1 Å². The Morgan fingerprint density at radius 2 is 2.38 bits per heavy atom. The molecule has 0 saturated heterocycles. The molecule has 1 aromatic rings. The first-order chi connectivity index (χ1) is 6.31. The van der Waals surface area contributed by atoms with Gasteiger partial charge in [-0.05, 0) is 44.1 Å². The van der Waals surface area contributed by atoms with Gasteiger partial charge in [-0.15, -0.1) is 0 Å². The van der Waals surface area contributed by atoms with E-state index in [9.17, 15) is 0 Å². The van der Waals surface area contributed by atoms with Crippen LogP contribution in [0.25, 0.3) is 5.57 Å². The van der Waals surface area contributed by atoms with Crippen LogP contribution >= 0.6 is 38.5 Å². The number of fused-ring (bicyclic) bond motifs is 1. The average Bonchev–Trinajstić information content (AvgIpc) is 2.16. The van der Waals surface area contributed by atoms with Crippen molar-refractivity contribution in [1.82, 2.24) is 4.98 Å². The maximum absolute atomic E-state index is 4.37. The van der Waals surface area contributed by atoms with Crippen LogP contribution in [0.2, 0.25) is 0 Å². The fraction of sp³-hybridized carbons (Fsp3) is 0.222. The van der Waals surface area contributed by atoms with Gasteiger partial charge < -0.3 is 5.32 Å². The van der Waals surface area contributed by atoms with Crippen LogP contribution in [0.4, 0.5) is 5.82 Å². The summed E-state index contributed by atoms with van der Waals surface area (Å²) >= 11 is 5.64. The van der Waals surface area contributed by atoms with Gasteiger partial charge in [0.05, 0.1) is 0 Å². The zero-order valence-corrected chi connectivity index (χ0v) is 10.6. The number of halogens is 2. The summed E-state index contributed by atoms with van der Waals surface area (Å²) in [4.78, 5) is 4.37. The summed E-state index contributed by atoms with van der Waals surface area (Å²) in [5.74, 6) is 0.989. The van der Waals surface area contributed by atoms with Crippen molar-refractivity contribution in [1.29, 1.82) is 0 Å². The van der Waals surface area contributed by atoms with Crippen molar-refractivity contribution in [3.8, 4) is 0 Å². The van der Waals surface area contributed by atoms with Crippen LogP contribution in [0.5, 0.6) is 0 Å². The molecule has 13 heavy (non-hydrogen) atoms. The van der Waals surface area contributed by atoms with Crippen molar-refractivity contribution in [3.05, 3.63) is 26.4 Å². The minimum absolute atomic E-state index is 0.883. The minimum atomic E-state index is 0.883. The van der Waals surface area contributed by atoms with Gasteiger partial charge in [-0.1, -0.05) is 22.6 Å². The molecule has 0 fully saturated rings. The van der Waals surface area contributed by atoms with E-state index in [1.807, 2.05) is 6.07 Å². The second kappa shape index (κ2) is 3.96. The molecule has 2 rings (SSSR count). The Kier molecular flexibility index (Phi) is 2.88. The van der Waals surface area contributed by atoms with E-state index < -0.39 is 0 Å². The van der Waals surface area contributed by atoms with E-state index in [0.29, 0.717) is 0 Å². The van der Waals surface area contributed by atoms with Crippen LogP contribution in [0.1, 0.15) is 12.0 Å². The number of nitrogens with one attached hydrogen (secondary N) is 1. The largest absolute Gasteiger partial charge is 0.369 e. The van der Waals surface area contributed by atoms with Crippen LogP contribution in [0.3, 0.4) is 0 Å². The van der Waals surface area contributed by atoms with E-state index in [0.717, 1.165) is 23.4 Å². The number of hydrogen-bond acceptors (Lipinski definition) is 2. The number of nitrogens with zero attached hydrogens (tertiary/aromatic N) is 1. The summed E-state index contributed by atoms with van der Waals surface area (Å²) in [6.45, 7) is 0.977. The van der Waals surface area contributed by atoms with Gasteiger partial charge in [0.1, 0.15) is 10.4 Å². The highest BCUT2D eigenvalue weighted by Gasteiger charge is 2.13. The number of pyridine rings is 1. The normalized spacial score (nSPS) is 18.2. The smallest absolute Gasteiger partial charge is 0.134 e. The van der Waals surface area contributed by atoms with E-state index in [-0.39, 0.29) is 0 Å². The van der Waals surface area contributed by atoms with Gasteiger partial charge in [-0.3, -0.25) is 0 Å². The summed E-state index contributed by atoms with van der Waals surface area (Å²) in [5.41, 5.74) is 2.60. The summed E-state index contributed by atoms with van der Waals surface area (Å²) in [5, 5.41) is 3.28. The van der Waals surface area contributed by atoms with Crippen molar-refractivity contribution < 1.29 is 0 Å². The standard InChI is InChI=1S/C9H8BrIN2/c10-8-2-1-7-6(5-11)3-4-12-9(7)13-8/h1-2,5H,3-4H2,(H,12,13)/b6-5-. The van der Waals surface area contributed by atoms with Crippen LogP contribution in [-0.2, 0) is 0 Å². The van der Waals surface area contributed by atoms with Gasteiger partial charge in [-0.25, -0.2) is 4.98 Å². The van der Waals surface area contributed by atoms with Gasteiger partial charge in [0.25, 0.3) is 0 Å². The molecule has 4 heteroatoms. The van der Waals surface area contributed by atoms with Gasteiger partial charge in [0.15, 0.2) is 0 Å². The summed E-state index contributed by atoms with van der Waals surface area (Å²) in [6, 6.07) is 4.08. The molecule has 0 aromatic carbocycles. The van der Waals surface area contributed by atoms with Gasteiger partial charge in [0, 0.05) is 12.1 Å². The Bertz CT molecular complexity index is 363. The second-order valence-corrected chi connectivity index (χ2v) is 4.28. The Morgan fingerprint density at radius 1 is 1.54 bits per heavy atom. The molecule has 0 bridgehead atoms. The molecule has 1 aromatic heterocycles. The zero-order valence-electron chi connectivity index (χ0n) is 6.85. The molecule has 0 atom stereocenters. The monoisotopic (exact) mass is 350 g/mol. The molecule has 1 aliphatic heterocycles. The molecule has 2 nitrogen and oxygen atoms in total. The van der Waals surface area contributed by atoms with Crippen molar-refractivity contribution >= 4 is 49.9 Å². The summed E-state index contributed by atoms with van der Waals surface area (Å²) < 4.78 is 3.01. The van der Waals surface area contributed by atoms with E-state index in [2.05, 4.69) is 59.0 Å². The molecule has 0 amide bonds. The highest BCUT2D eigenvalue weighted by molar-refractivity contribution is 14.1. The third kappa shape index (κ3) is 1.88. The first kappa shape index (κ1) is 9.45. The third-order valence-corrected chi connectivity index (χ3v) is 3.22. The lowest BCUT2D eigenvalue weighted by atomic mass is 10.0. The predicted octanol–water partition coefficient (Wildman–Crippen LogP) is 3.44. The number of rotatable bonds is 0. The van der Waals surface area contributed by atoms with Crippen molar-refractivity contribution in [2.75, 3.05) is 11.9 Å². The van der Waals surface area contributed by atoms with E-state index in [1.54, 1.807) is 0 Å². The van der Waals surface area contributed by atoms with Crippen LogP contribution in [-0.4, -0.2) is 11.5 Å². The van der Waals surface area contributed by atoms with E-state index in [4.69, 9.17) is 0 Å². The third-order valence-electron chi connectivity index (χ3n) is 2.03. The molecular weight excluding hydrogens is 343 g/mol. The molecule has 1 aliphatic rings. The minimum Gasteiger partial charge on any atom is -0.369 e. The molecule has 0 aliphatic carbocycles. The average molecular weight is 351 g/mol. The van der Waals surface area contributed by atoms with Crippen LogP contribution in [0.15, 0.2) is 20.8 Å². The number of hydrogen-bond donors (Lipinski definition) is 1. The van der Waals surface area contributed by atoms with E-state index >= 15 is 0 Å². The summed E-state index contributed by atoms with van der Waals surface area (Å²) in [7, 11) is 0. The lowest BCUT2D eigenvalue weighted by Crippen LogP contribution is -2.12. The fourth-order valence-corrected chi connectivity index (χ4v) is 2.35. The topological polar surface area (TPSA) is 24.9 Å². The molecule has 0 spiro atoms. The molecule has 2 heterocycles. The van der Waals surface area contributed by atoms with Gasteiger partial charge >= 0.3 is 0 Å². The second-order valence-electron chi connectivity index (χ2n) is 2.84. The highest BCUT2D eigenvalue weighted by atomic mass is 127. The van der Waals surface area contributed by atoms with Crippen molar-refractivity contribution in [2.45, 2.75) is 6.42 Å². The first-order valence-corrected chi connectivity index (χ1v) is 6.05. The molecular formula is C9H8BrIN2. The van der Waals surface area contributed by atoms with Crippen LogP contribution < -0.4 is 5.32 Å². The molecule has 1 N–H and O–H groups in total. The first-order valence-electron chi connectivity index (χ1n) is 4.01. The predicted molar refractivity (Wildman–Crippen MR) is 67.0 cm³/mol. The Morgan fingerprint density at radius 3 is 3.15 bits per heavy atom. The summed E-state index contributed by atoms with van der Waals surface area (Å²) in [6.07, 6.45) is 1.08. The lowest BCUT2D eigenvalue weighted by molar-refractivity contribution is 1.02. The van der Waals surface area contributed by atoms with Gasteiger partial charge in [-0.2, -0.15) is 0 Å². The maximum Gasteiger partial charge on any atom is 0.134 e. The molecule has 0 radical (unpaired) electrons. The molecule has 68 valence electrons. The molecule has 0 unspecified atom stereocenters. The van der Waals surface area contributed by atoms with Gasteiger partial charge in [0.2, 0.25) is 0 Å². The van der Waals surface area contributed by atoms with Crippen molar-refractivity contribution in [3.63, 3.8) is 0 Å². The van der Waals surface area contributed by atoms with Crippen LogP contribution in [0, 0.1) is 0 Å². The molecule has 0 saturated carbocycles. The maximum atomic E-state index is 4.37. The SMILES string of the molecule is Brc1ccc2c(n1)NCC/C2=C/I. The highest BCUT2D eigenvalue weighted by Crippen LogP contribution is 2.30. The van der Waals surface area contributed by atoms with Crippen molar-refractivity contribution in [2.24, 2.45) is 0 Å². The quantitative estimate of drug-likeness (QED) is 0.572. The van der Waals surface area contributed by atoms with E-state index in [1.165, 1.54) is 11.1 Å². The Hall–Kier alpha value is -0.100. The number of anilines is 1. The fourth-order valence-electron chi connectivity index (χ4n) is 1.39. The lowest BCUT2D eigenvalue weighted by Gasteiger charge is -2.19. The zero-order chi connectivity index (χ0) is 9.26. The number of aromatic nitrogens is 1.